The number of allylic oxidation sites excluding steroid dienone is 4. The number of benzene rings is 1. The van der Waals surface area contributed by atoms with Crippen molar-refractivity contribution in [2.45, 2.75) is 86.0 Å². The zero-order valence-electron chi connectivity index (χ0n) is 20.2. The first kappa shape index (κ1) is 22.5. The van der Waals surface area contributed by atoms with Crippen LogP contribution in [-0.4, -0.2) is 4.98 Å². The van der Waals surface area contributed by atoms with E-state index >= 15 is 0 Å². The molecule has 30 heavy (non-hydrogen) atoms. The van der Waals surface area contributed by atoms with Gasteiger partial charge in [0.2, 0.25) is 0 Å². The molecule has 0 saturated heterocycles. The van der Waals surface area contributed by atoms with E-state index in [1.807, 2.05) is 6.20 Å². The third-order valence-corrected chi connectivity index (χ3v) is 6.54. The average molecular weight is 402 g/mol. The zero-order chi connectivity index (χ0) is 22.1. The van der Waals surface area contributed by atoms with Crippen molar-refractivity contribution in [3.8, 4) is 11.1 Å². The van der Waals surface area contributed by atoms with E-state index in [0.29, 0.717) is 17.8 Å². The van der Waals surface area contributed by atoms with Gasteiger partial charge < -0.3 is 0 Å². The number of aromatic nitrogens is 1. The Morgan fingerprint density at radius 1 is 0.933 bits per heavy atom. The molecule has 3 rings (SSSR count). The van der Waals surface area contributed by atoms with E-state index in [1.165, 1.54) is 39.1 Å². The standard InChI is InChI=1S/C29H39N/c1-19(2)22-16-25(20(3)4)28(26(17-22)21(5)6)24-14-11-15-30-27(24)18-29(7,8)23-12-9-10-13-23/h9-12,14-17,19-21H,13,18H2,1-8H3. The monoisotopic (exact) mass is 401 g/mol. The summed E-state index contributed by atoms with van der Waals surface area (Å²) in [6, 6.07) is 9.29. The molecule has 0 radical (unpaired) electrons. The maximum absolute atomic E-state index is 4.92. The molecular formula is C29H39N. The van der Waals surface area contributed by atoms with Gasteiger partial charge in [0.1, 0.15) is 0 Å². The highest BCUT2D eigenvalue weighted by Crippen LogP contribution is 2.42. The van der Waals surface area contributed by atoms with Crippen molar-refractivity contribution in [3.63, 3.8) is 0 Å². The lowest BCUT2D eigenvalue weighted by Gasteiger charge is -2.29. The van der Waals surface area contributed by atoms with Gasteiger partial charge >= 0.3 is 0 Å². The van der Waals surface area contributed by atoms with Crippen LogP contribution in [0.15, 0.2) is 54.3 Å². The molecule has 1 aromatic heterocycles. The molecule has 0 amide bonds. The normalized spacial score (nSPS) is 14.3. The zero-order valence-corrected chi connectivity index (χ0v) is 20.2. The van der Waals surface area contributed by atoms with Crippen LogP contribution in [0.25, 0.3) is 11.1 Å². The Labute approximate surface area is 184 Å². The minimum absolute atomic E-state index is 0.0977. The van der Waals surface area contributed by atoms with Crippen LogP contribution in [-0.2, 0) is 6.42 Å². The Morgan fingerprint density at radius 3 is 2.07 bits per heavy atom. The maximum Gasteiger partial charge on any atom is 0.0490 e. The molecule has 0 fully saturated rings. The largest absolute Gasteiger partial charge is 0.261 e. The van der Waals surface area contributed by atoms with E-state index < -0.39 is 0 Å². The summed E-state index contributed by atoms with van der Waals surface area (Å²) in [5.74, 6) is 1.47. The number of rotatable bonds is 7. The fourth-order valence-corrected chi connectivity index (χ4v) is 4.55. The van der Waals surface area contributed by atoms with Crippen LogP contribution in [0.4, 0.5) is 0 Å². The Hall–Kier alpha value is -2.15. The third kappa shape index (κ3) is 4.61. The summed E-state index contributed by atoms with van der Waals surface area (Å²) in [5, 5.41) is 0. The van der Waals surface area contributed by atoms with Crippen LogP contribution in [0.5, 0.6) is 0 Å². The lowest BCUT2D eigenvalue weighted by Crippen LogP contribution is -2.19. The van der Waals surface area contributed by atoms with Gasteiger partial charge in [-0.2, -0.15) is 0 Å². The molecule has 1 heterocycles. The highest BCUT2D eigenvalue weighted by Gasteiger charge is 2.27. The smallest absolute Gasteiger partial charge is 0.0490 e. The van der Waals surface area contributed by atoms with Gasteiger partial charge in [0.15, 0.2) is 0 Å². The molecule has 2 aromatic rings. The molecule has 0 aliphatic heterocycles. The summed E-state index contributed by atoms with van der Waals surface area (Å²) >= 11 is 0. The van der Waals surface area contributed by atoms with E-state index in [4.69, 9.17) is 4.98 Å². The van der Waals surface area contributed by atoms with E-state index in [0.717, 1.165) is 12.8 Å². The Morgan fingerprint density at radius 2 is 1.57 bits per heavy atom. The lowest BCUT2D eigenvalue weighted by atomic mass is 9.76. The Balaban J connectivity index is 2.19. The summed E-state index contributed by atoms with van der Waals surface area (Å²) in [6.07, 6.45) is 10.7. The van der Waals surface area contributed by atoms with Crippen molar-refractivity contribution in [3.05, 3.63) is 76.6 Å². The number of pyridine rings is 1. The van der Waals surface area contributed by atoms with Gasteiger partial charge in [-0.25, -0.2) is 0 Å². The summed E-state index contributed by atoms with van der Waals surface area (Å²) in [4.78, 5) is 4.92. The second-order valence-corrected chi connectivity index (χ2v) is 10.4. The lowest BCUT2D eigenvalue weighted by molar-refractivity contribution is 0.433. The van der Waals surface area contributed by atoms with Gasteiger partial charge in [0.05, 0.1) is 0 Å². The molecule has 0 saturated carbocycles. The van der Waals surface area contributed by atoms with Gasteiger partial charge in [-0.15, -0.1) is 0 Å². The maximum atomic E-state index is 4.92. The van der Waals surface area contributed by atoms with Gasteiger partial charge in [-0.05, 0) is 64.3 Å². The van der Waals surface area contributed by atoms with E-state index in [9.17, 15) is 0 Å². The number of nitrogens with zero attached hydrogens (tertiary/aromatic N) is 1. The number of hydrogen-bond donors (Lipinski definition) is 0. The second kappa shape index (κ2) is 8.92. The predicted molar refractivity (Wildman–Crippen MR) is 131 cm³/mol. The fourth-order valence-electron chi connectivity index (χ4n) is 4.55. The van der Waals surface area contributed by atoms with Crippen LogP contribution in [0, 0.1) is 5.41 Å². The summed E-state index contributed by atoms with van der Waals surface area (Å²) < 4.78 is 0. The summed E-state index contributed by atoms with van der Waals surface area (Å²) in [7, 11) is 0. The molecule has 1 heteroatoms. The van der Waals surface area contributed by atoms with Crippen molar-refractivity contribution in [1.82, 2.24) is 4.98 Å². The van der Waals surface area contributed by atoms with Crippen molar-refractivity contribution in [2.24, 2.45) is 5.41 Å². The van der Waals surface area contributed by atoms with Crippen LogP contribution in [0.3, 0.4) is 0 Å². The second-order valence-electron chi connectivity index (χ2n) is 10.4. The van der Waals surface area contributed by atoms with Crippen LogP contribution >= 0.6 is 0 Å². The molecule has 1 aromatic carbocycles. The van der Waals surface area contributed by atoms with Gasteiger partial charge in [-0.3, -0.25) is 4.98 Å². The third-order valence-electron chi connectivity index (χ3n) is 6.54. The minimum Gasteiger partial charge on any atom is -0.261 e. The fraction of sp³-hybridized carbons (Fsp3) is 0.483. The summed E-state index contributed by atoms with van der Waals surface area (Å²) in [5.41, 5.74) is 9.91. The Bertz CT molecular complexity index is 925. The van der Waals surface area contributed by atoms with E-state index in [2.05, 4.69) is 97.9 Å². The van der Waals surface area contributed by atoms with Gasteiger partial charge in [0, 0.05) is 17.5 Å². The van der Waals surface area contributed by atoms with E-state index in [-0.39, 0.29) is 5.41 Å². The molecule has 0 bridgehead atoms. The SMILES string of the molecule is CC(C)c1cc(C(C)C)c(-c2cccnc2CC(C)(C)C2=CC=CC2)c(C(C)C)c1. The van der Waals surface area contributed by atoms with Crippen molar-refractivity contribution in [1.29, 1.82) is 0 Å². The van der Waals surface area contributed by atoms with Crippen LogP contribution in [0.2, 0.25) is 0 Å². The minimum atomic E-state index is 0.0977. The highest BCUT2D eigenvalue weighted by atomic mass is 14.7. The molecule has 0 spiro atoms. The molecule has 0 N–H and O–H groups in total. The molecular weight excluding hydrogens is 362 g/mol. The summed E-state index contributed by atoms with van der Waals surface area (Å²) in [6.45, 7) is 18.6. The molecule has 160 valence electrons. The average Bonchev–Trinajstić information content (AvgIpc) is 3.23. The molecule has 0 atom stereocenters. The van der Waals surface area contributed by atoms with Gasteiger partial charge in [-0.1, -0.05) is 97.4 Å². The first-order valence-electron chi connectivity index (χ1n) is 11.6. The highest BCUT2D eigenvalue weighted by molar-refractivity contribution is 5.75. The Kier molecular flexibility index (Phi) is 6.70. The van der Waals surface area contributed by atoms with Crippen LogP contribution < -0.4 is 0 Å². The van der Waals surface area contributed by atoms with E-state index in [1.54, 1.807) is 0 Å². The molecule has 1 aliphatic rings. The molecule has 0 unspecified atom stereocenters. The van der Waals surface area contributed by atoms with Crippen molar-refractivity contribution >= 4 is 0 Å². The van der Waals surface area contributed by atoms with Crippen molar-refractivity contribution in [2.75, 3.05) is 0 Å². The molecule has 1 aliphatic carbocycles. The number of hydrogen-bond acceptors (Lipinski definition) is 1. The quantitative estimate of drug-likeness (QED) is 0.452. The van der Waals surface area contributed by atoms with Crippen LogP contribution in [0.1, 0.15) is 102 Å². The van der Waals surface area contributed by atoms with Gasteiger partial charge in [0.25, 0.3) is 0 Å². The first-order valence-corrected chi connectivity index (χ1v) is 11.6. The molecule has 1 nitrogen and oxygen atoms in total. The first-order chi connectivity index (χ1) is 14.1. The predicted octanol–water partition coefficient (Wildman–Crippen LogP) is 8.57. The van der Waals surface area contributed by atoms with Crippen molar-refractivity contribution < 1.29 is 0 Å². The topological polar surface area (TPSA) is 12.9 Å².